The number of rotatable bonds is 4. The molecule has 3 aromatic rings. The van der Waals surface area contributed by atoms with Crippen molar-refractivity contribution in [1.29, 1.82) is 0 Å². The number of nitrogens with zero attached hydrogens (tertiary/aromatic N) is 1. The maximum Gasteiger partial charge on any atom is 0.339 e. The van der Waals surface area contributed by atoms with Crippen molar-refractivity contribution < 1.29 is 14.3 Å². The predicted octanol–water partition coefficient (Wildman–Crippen LogP) is 5.50. The van der Waals surface area contributed by atoms with E-state index in [2.05, 4.69) is 67.6 Å². The third kappa shape index (κ3) is 3.37. The van der Waals surface area contributed by atoms with E-state index in [0.717, 1.165) is 29.5 Å². The van der Waals surface area contributed by atoms with Crippen LogP contribution in [0.1, 0.15) is 57.4 Å². The molecule has 3 aromatic carbocycles. The monoisotopic (exact) mass is 449 g/mol. The van der Waals surface area contributed by atoms with E-state index in [1.807, 2.05) is 29.2 Å². The zero-order chi connectivity index (χ0) is 23.3. The summed E-state index contributed by atoms with van der Waals surface area (Å²) >= 11 is 0. The summed E-state index contributed by atoms with van der Waals surface area (Å²) < 4.78 is 5.84. The molecule has 34 heavy (non-hydrogen) atoms. The number of amides is 1. The normalized spacial score (nSPS) is 22.3. The Labute approximate surface area is 199 Å². The van der Waals surface area contributed by atoms with Crippen molar-refractivity contribution in [2.75, 3.05) is 13.1 Å². The van der Waals surface area contributed by atoms with Gasteiger partial charge in [-0.3, -0.25) is 4.79 Å². The minimum Gasteiger partial charge on any atom is -0.449 e. The molecular formula is C30H27NO3. The molecule has 2 heterocycles. The van der Waals surface area contributed by atoms with Crippen LogP contribution in [0.4, 0.5) is 0 Å². The smallest absolute Gasteiger partial charge is 0.339 e. The van der Waals surface area contributed by atoms with E-state index in [1.54, 1.807) is 0 Å². The van der Waals surface area contributed by atoms with Crippen LogP contribution in [-0.4, -0.2) is 29.9 Å². The molecule has 4 nitrogen and oxygen atoms in total. The van der Waals surface area contributed by atoms with Crippen molar-refractivity contribution in [2.45, 2.75) is 37.2 Å². The Hall–Kier alpha value is -3.66. The van der Waals surface area contributed by atoms with E-state index in [9.17, 15) is 9.59 Å². The lowest BCUT2D eigenvalue weighted by Gasteiger charge is -2.27. The van der Waals surface area contributed by atoms with E-state index >= 15 is 0 Å². The molecule has 4 heteroatoms. The van der Waals surface area contributed by atoms with Gasteiger partial charge < -0.3 is 9.64 Å². The Balaban J connectivity index is 1.18. The summed E-state index contributed by atoms with van der Waals surface area (Å²) in [6.07, 6.45) is 6.59. The molecule has 1 spiro atoms. The lowest BCUT2D eigenvalue weighted by atomic mass is 9.91. The fourth-order valence-corrected chi connectivity index (χ4v) is 5.44. The van der Waals surface area contributed by atoms with Crippen molar-refractivity contribution in [3.63, 3.8) is 0 Å². The van der Waals surface area contributed by atoms with Crippen LogP contribution in [0.5, 0.6) is 0 Å². The first-order valence-corrected chi connectivity index (χ1v) is 12.0. The van der Waals surface area contributed by atoms with E-state index < -0.39 is 11.0 Å². The van der Waals surface area contributed by atoms with E-state index in [1.165, 1.54) is 11.1 Å². The number of carbonyl (C=O) groups is 2. The molecule has 170 valence electrons. The van der Waals surface area contributed by atoms with E-state index in [4.69, 9.17) is 4.74 Å². The van der Waals surface area contributed by atoms with Crippen LogP contribution in [0.25, 0.3) is 12.2 Å². The Morgan fingerprint density at radius 2 is 1.53 bits per heavy atom. The second-order valence-electron chi connectivity index (χ2n) is 9.85. The predicted molar refractivity (Wildman–Crippen MR) is 132 cm³/mol. The quantitative estimate of drug-likeness (QED) is 0.391. The first-order valence-electron chi connectivity index (χ1n) is 12.0. The summed E-state index contributed by atoms with van der Waals surface area (Å²) in [6, 6.07) is 24.4. The lowest BCUT2D eigenvalue weighted by molar-refractivity contribution is -0.134. The highest BCUT2D eigenvalue weighted by molar-refractivity contribution is 5.96. The maximum atomic E-state index is 13.7. The van der Waals surface area contributed by atoms with Gasteiger partial charge in [0, 0.05) is 18.5 Å². The van der Waals surface area contributed by atoms with Gasteiger partial charge in [-0.2, -0.15) is 0 Å². The van der Waals surface area contributed by atoms with Crippen LogP contribution in [0.2, 0.25) is 0 Å². The average molecular weight is 450 g/mol. The van der Waals surface area contributed by atoms with Crippen molar-refractivity contribution in [2.24, 2.45) is 0 Å². The van der Waals surface area contributed by atoms with Crippen LogP contribution < -0.4 is 0 Å². The number of hydrogen-bond donors (Lipinski definition) is 0. The molecule has 0 N–H and O–H groups in total. The van der Waals surface area contributed by atoms with Gasteiger partial charge in [-0.05, 0) is 42.5 Å². The molecule has 0 aromatic heterocycles. The van der Waals surface area contributed by atoms with Crippen LogP contribution in [-0.2, 0) is 20.5 Å². The molecule has 2 aliphatic heterocycles. The Kier molecular flexibility index (Phi) is 4.73. The highest BCUT2D eigenvalue weighted by Gasteiger charge is 2.57. The summed E-state index contributed by atoms with van der Waals surface area (Å²) in [5, 5.41) is 0. The average Bonchev–Trinajstić information content (AvgIpc) is 3.50. The fraction of sp³-hybridized carbons (Fsp3) is 0.267. The number of likely N-dealkylation sites (tertiary alicyclic amines) is 1. The molecule has 0 radical (unpaired) electrons. The largest absolute Gasteiger partial charge is 0.449 e. The van der Waals surface area contributed by atoms with Crippen LogP contribution in [0.3, 0.4) is 0 Å². The van der Waals surface area contributed by atoms with Gasteiger partial charge in [0.05, 0.1) is 17.5 Å². The van der Waals surface area contributed by atoms with Crippen molar-refractivity contribution in [3.8, 4) is 0 Å². The number of benzene rings is 3. The Bertz CT molecular complexity index is 1300. The van der Waals surface area contributed by atoms with Gasteiger partial charge in [-0.25, -0.2) is 4.79 Å². The van der Waals surface area contributed by atoms with Crippen molar-refractivity contribution in [1.82, 2.24) is 4.90 Å². The second kappa shape index (κ2) is 7.69. The number of carbonyl (C=O) groups excluding carboxylic acids is 2. The van der Waals surface area contributed by atoms with Crippen molar-refractivity contribution in [3.05, 3.63) is 106 Å². The van der Waals surface area contributed by atoms with Gasteiger partial charge in [-0.1, -0.05) is 84.4 Å². The summed E-state index contributed by atoms with van der Waals surface area (Å²) in [6.45, 7) is 3.13. The molecule has 1 saturated heterocycles. The first kappa shape index (κ1) is 20.9. The number of aryl methyl sites for hydroxylation is 1. The van der Waals surface area contributed by atoms with Gasteiger partial charge in [0.2, 0.25) is 5.91 Å². The third-order valence-electron chi connectivity index (χ3n) is 7.61. The molecule has 2 fully saturated rings. The van der Waals surface area contributed by atoms with Gasteiger partial charge in [0.15, 0.2) is 5.60 Å². The number of esters is 1. The van der Waals surface area contributed by atoms with Gasteiger partial charge in [0.1, 0.15) is 0 Å². The molecule has 1 unspecified atom stereocenters. The van der Waals surface area contributed by atoms with Gasteiger partial charge in [-0.15, -0.1) is 0 Å². The molecule has 1 aliphatic carbocycles. The minimum atomic E-state index is -0.690. The summed E-state index contributed by atoms with van der Waals surface area (Å²) in [5.74, 6) is -0.118. The van der Waals surface area contributed by atoms with Gasteiger partial charge in [0.25, 0.3) is 0 Å². The van der Waals surface area contributed by atoms with Crippen LogP contribution in [0.15, 0.2) is 72.8 Å². The molecule has 0 bridgehead atoms. The molecule has 1 saturated carbocycles. The van der Waals surface area contributed by atoms with Gasteiger partial charge >= 0.3 is 5.97 Å². The van der Waals surface area contributed by atoms with E-state index in [0.29, 0.717) is 25.1 Å². The van der Waals surface area contributed by atoms with Crippen LogP contribution >= 0.6 is 0 Å². The molecular weight excluding hydrogens is 422 g/mol. The standard InChI is InChI=1S/C30H27NO3/c1-21-6-8-22(9-7-21)10-11-23-12-14-24(15-13-23)29(16-17-29)28(33)31-19-18-30(20-31)26-5-3-2-4-25(26)27(32)34-30/h2-15H,16-20H2,1H3. The molecule has 6 rings (SSSR count). The summed E-state index contributed by atoms with van der Waals surface area (Å²) in [5.41, 5.74) is 5.03. The SMILES string of the molecule is Cc1ccc(C=Cc2ccc(C3(C(=O)N4CCC5(C4)OC(=O)c4ccccc45)CC3)cc2)cc1. The van der Waals surface area contributed by atoms with Crippen molar-refractivity contribution >= 4 is 24.0 Å². The fourth-order valence-electron chi connectivity index (χ4n) is 5.44. The number of fused-ring (bicyclic) bond motifs is 2. The molecule has 3 aliphatic rings. The van der Waals surface area contributed by atoms with E-state index in [-0.39, 0.29) is 11.9 Å². The number of ether oxygens (including phenoxy) is 1. The van der Waals surface area contributed by atoms with Crippen LogP contribution in [0, 0.1) is 6.92 Å². The zero-order valence-electron chi connectivity index (χ0n) is 19.3. The Morgan fingerprint density at radius 3 is 2.21 bits per heavy atom. The third-order valence-corrected chi connectivity index (χ3v) is 7.61. The lowest BCUT2D eigenvalue weighted by Crippen LogP contribution is -2.40. The maximum absolute atomic E-state index is 13.7. The second-order valence-corrected chi connectivity index (χ2v) is 9.85. The topological polar surface area (TPSA) is 46.6 Å². The summed E-state index contributed by atoms with van der Waals surface area (Å²) in [7, 11) is 0. The molecule has 1 amide bonds. The molecule has 1 atom stereocenters. The number of hydrogen-bond acceptors (Lipinski definition) is 3. The zero-order valence-corrected chi connectivity index (χ0v) is 19.3. The summed E-state index contributed by atoms with van der Waals surface area (Å²) in [4.78, 5) is 28.0. The Morgan fingerprint density at radius 1 is 0.882 bits per heavy atom. The minimum absolute atomic E-state index is 0.160. The highest BCUT2D eigenvalue weighted by Crippen LogP contribution is 2.52. The first-order chi connectivity index (χ1) is 16.5. The highest BCUT2D eigenvalue weighted by atomic mass is 16.6.